The Labute approximate surface area is 157 Å². The van der Waals surface area contributed by atoms with Gasteiger partial charge in [-0.25, -0.2) is 4.98 Å². The maximum absolute atomic E-state index is 12.1. The van der Waals surface area contributed by atoms with E-state index in [4.69, 9.17) is 21.1 Å². The molecule has 2 atom stereocenters. The van der Waals surface area contributed by atoms with Crippen LogP contribution in [0.5, 0.6) is 11.6 Å². The van der Waals surface area contributed by atoms with Gasteiger partial charge in [-0.2, -0.15) is 0 Å². The number of pyridine rings is 1. The molecule has 1 heterocycles. The molecule has 0 bridgehead atoms. The average molecular weight is 385 g/mol. The highest BCUT2D eigenvalue weighted by atomic mass is 35.5. The van der Waals surface area contributed by atoms with Crippen LogP contribution >= 0.6 is 11.6 Å². The Morgan fingerprint density at radius 2 is 1.84 bits per heavy atom. The molecule has 0 saturated heterocycles. The summed E-state index contributed by atoms with van der Waals surface area (Å²) in [5.41, 5.74) is 1.57. The van der Waals surface area contributed by atoms with Crippen LogP contribution in [0.4, 0.5) is 0 Å². The molecular weight excluding hydrogens is 360 g/mol. The lowest BCUT2D eigenvalue weighted by Gasteiger charge is -2.21. The molecule has 1 aromatic carbocycles. The van der Waals surface area contributed by atoms with Crippen LogP contribution < -0.4 is 14.2 Å². The maximum Gasteiger partial charge on any atom is 0.218 e. The SMILES string of the molecule is COc1nc2cc(OC(C)C)c(Cl)cc2cc1[C@H](C)N[S+]([O-])C(C)C. The molecule has 0 saturated carbocycles. The van der Waals surface area contributed by atoms with Crippen LogP contribution in [0.1, 0.15) is 46.2 Å². The molecule has 25 heavy (non-hydrogen) atoms. The van der Waals surface area contributed by atoms with Crippen LogP contribution in [0, 0.1) is 0 Å². The zero-order valence-electron chi connectivity index (χ0n) is 15.4. The van der Waals surface area contributed by atoms with Crippen LogP contribution in [0.3, 0.4) is 0 Å². The van der Waals surface area contributed by atoms with E-state index in [1.54, 1.807) is 7.11 Å². The van der Waals surface area contributed by atoms with Gasteiger partial charge in [-0.15, -0.1) is 4.72 Å². The van der Waals surface area contributed by atoms with E-state index in [1.807, 2.05) is 52.8 Å². The highest BCUT2D eigenvalue weighted by molar-refractivity contribution is 7.90. The van der Waals surface area contributed by atoms with E-state index in [0.29, 0.717) is 16.7 Å². The fourth-order valence-corrected chi connectivity index (χ4v) is 3.33. The molecule has 2 aromatic rings. The number of halogens is 1. The zero-order valence-corrected chi connectivity index (χ0v) is 17.0. The van der Waals surface area contributed by atoms with Crippen LogP contribution in [0.15, 0.2) is 18.2 Å². The lowest BCUT2D eigenvalue weighted by Crippen LogP contribution is -2.33. The summed E-state index contributed by atoms with van der Waals surface area (Å²) in [6.07, 6.45) is 0.0198. The number of ether oxygens (including phenoxy) is 2. The summed E-state index contributed by atoms with van der Waals surface area (Å²) in [7, 11) is 1.57. The molecule has 0 fully saturated rings. The van der Waals surface area contributed by atoms with E-state index in [-0.39, 0.29) is 17.4 Å². The Morgan fingerprint density at radius 3 is 2.40 bits per heavy atom. The lowest BCUT2D eigenvalue weighted by molar-refractivity contribution is 0.243. The second-order valence-electron chi connectivity index (χ2n) is 6.41. The van der Waals surface area contributed by atoms with Gasteiger partial charge < -0.3 is 14.0 Å². The number of nitrogens with zero attached hydrogens (tertiary/aromatic N) is 1. The minimum Gasteiger partial charge on any atom is -0.598 e. The third-order valence-electron chi connectivity index (χ3n) is 3.60. The smallest absolute Gasteiger partial charge is 0.218 e. The maximum atomic E-state index is 12.1. The van der Waals surface area contributed by atoms with Crippen LogP contribution in [-0.2, 0) is 11.4 Å². The molecule has 0 aliphatic heterocycles. The summed E-state index contributed by atoms with van der Waals surface area (Å²) in [5, 5.41) is 1.43. The Morgan fingerprint density at radius 1 is 1.16 bits per heavy atom. The van der Waals surface area contributed by atoms with Gasteiger partial charge in [0.2, 0.25) is 5.88 Å². The van der Waals surface area contributed by atoms with Crippen molar-refractivity contribution < 1.29 is 14.0 Å². The summed E-state index contributed by atoms with van der Waals surface area (Å²) in [5.74, 6) is 1.09. The van der Waals surface area contributed by atoms with E-state index in [9.17, 15) is 4.55 Å². The van der Waals surface area contributed by atoms with Crippen molar-refractivity contribution in [3.8, 4) is 11.6 Å². The van der Waals surface area contributed by atoms with E-state index in [1.165, 1.54) is 0 Å². The molecule has 1 unspecified atom stereocenters. The number of nitrogens with one attached hydrogen (secondary N) is 1. The van der Waals surface area contributed by atoms with Gasteiger partial charge in [0.25, 0.3) is 0 Å². The van der Waals surface area contributed by atoms with Gasteiger partial charge in [-0.1, -0.05) is 11.6 Å². The van der Waals surface area contributed by atoms with E-state index in [0.717, 1.165) is 16.5 Å². The van der Waals surface area contributed by atoms with Gasteiger partial charge in [-0.05, 0) is 46.8 Å². The zero-order chi connectivity index (χ0) is 18.7. The molecule has 2 rings (SSSR count). The third-order valence-corrected chi connectivity index (χ3v) is 5.34. The average Bonchev–Trinajstić information content (AvgIpc) is 2.53. The van der Waals surface area contributed by atoms with Gasteiger partial charge >= 0.3 is 0 Å². The number of aromatic nitrogens is 1. The van der Waals surface area contributed by atoms with E-state index < -0.39 is 11.4 Å². The number of rotatable bonds is 7. The van der Waals surface area contributed by atoms with Crippen molar-refractivity contribution in [2.45, 2.75) is 52.0 Å². The normalized spacial score (nSPS) is 14.2. The Balaban J connectivity index is 2.45. The lowest BCUT2D eigenvalue weighted by atomic mass is 10.1. The van der Waals surface area contributed by atoms with Gasteiger partial charge in [0.05, 0.1) is 29.8 Å². The topological polar surface area (TPSA) is 66.4 Å². The predicted octanol–water partition coefficient (Wildman–Crippen LogP) is 4.41. The summed E-state index contributed by atoms with van der Waals surface area (Å²) in [4.78, 5) is 4.58. The van der Waals surface area contributed by atoms with Crippen molar-refractivity contribution in [3.05, 3.63) is 28.8 Å². The molecule has 7 heteroatoms. The van der Waals surface area contributed by atoms with Crippen LogP contribution in [0.25, 0.3) is 10.9 Å². The molecule has 0 radical (unpaired) electrons. The highest BCUT2D eigenvalue weighted by Crippen LogP contribution is 2.34. The quantitative estimate of drug-likeness (QED) is 0.716. The van der Waals surface area contributed by atoms with Crippen molar-refractivity contribution in [2.24, 2.45) is 0 Å². The predicted molar refractivity (Wildman–Crippen MR) is 104 cm³/mol. The Hall–Kier alpha value is -1.21. The second kappa shape index (κ2) is 8.45. The van der Waals surface area contributed by atoms with Gasteiger partial charge in [0.1, 0.15) is 11.0 Å². The van der Waals surface area contributed by atoms with E-state index in [2.05, 4.69) is 9.71 Å². The van der Waals surface area contributed by atoms with E-state index >= 15 is 0 Å². The summed E-state index contributed by atoms with van der Waals surface area (Å²) >= 11 is 5.19. The minimum atomic E-state index is -1.14. The number of benzene rings is 1. The molecule has 0 aliphatic carbocycles. The molecule has 1 aromatic heterocycles. The molecule has 1 N–H and O–H groups in total. The first-order valence-electron chi connectivity index (χ1n) is 8.24. The monoisotopic (exact) mass is 384 g/mol. The molecule has 0 spiro atoms. The highest BCUT2D eigenvalue weighted by Gasteiger charge is 2.21. The number of methoxy groups -OCH3 is 1. The van der Waals surface area contributed by atoms with Gasteiger partial charge in [-0.3, -0.25) is 0 Å². The first-order valence-corrected chi connectivity index (χ1v) is 9.83. The Kier molecular flexibility index (Phi) is 6.79. The summed E-state index contributed by atoms with van der Waals surface area (Å²) < 4.78 is 26.3. The molecular formula is C18H25ClN2O3S. The van der Waals surface area contributed by atoms with Crippen molar-refractivity contribution in [3.63, 3.8) is 0 Å². The van der Waals surface area contributed by atoms with Gasteiger partial charge in [0, 0.05) is 28.4 Å². The van der Waals surface area contributed by atoms with Gasteiger partial charge in [0.15, 0.2) is 0 Å². The molecule has 138 valence electrons. The molecule has 5 nitrogen and oxygen atoms in total. The second-order valence-corrected chi connectivity index (χ2v) is 8.60. The summed E-state index contributed by atoms with van der Waals surface area (Å²) in [6.45, 7) is 9.63. The number of hydrogen-bond acceptors (Lipinski definition) is 5. The van der Waals surface area contributed by atoms with Crippen LogP contribution in [-0.4, -0.2) is 28.0 Å². The fraction of sp³-hybridized carbons (Fsp3) is 0.500. The van der Waals surface area contributed by atoms with Crippen molar-refractivity contribution in [2.75, 3.05) is 7.11 Å². The first-order chi connectivity index (χ1) is 11.7. The number of hydrogen-bond donors (Lipinski definition) is 1. The van der Waals surface area contributed by atoms with Crippen LogP contribution in [0.2, 0.25) is 5.02 Å². The third kappa shape index (κ3) is 4.91. The van der Waals surface area contributed by atoms with Crippen molar-refractivity contribution in [1.82, 2.24) is 9.71 Å². The molecule has 0 aliphatic rings. The Bertz CT molecular complexity index is 740. The molecule has 0 amide bonds. The van der Waals surface area contributed by atoms with Crippen molar-refractivity contribution >= 4 is 33.9 Å². The first kappa shape index (κ1) is 20.1. The standard InChI is InChI=1S/C18H25ClN2O3S/c1-10(2)24-17-9-16-13(8-15(17)19)7-14(18(20-16)23-6)12(5)21-25(22)11(3)4/h7-12,21H,1-6H3/t12-,25?/m0/s1. The minimum absolute atomic E-state index is 0.0198. The van der Waals surface area contributed by atoms with Crippen molar-refractivity contribution in [1.29, 1.82) is 0 Å². The fourth-order valence-electron chi connectivity index (χ4n) is 2.37. The largest absolute Gasteiger partial charge is 0.598 e. The summed E-state index contributed by atoms with van der Waals surface area (Å²) in [6, 6.07) is 5.42. The number of fused-ring (bicyclic) bond motifs is 1.